The molecule has 1 heterocycles. The quantitative estimate of drug-likeness (QED) is 0.864. The lowest BCUT2D eigenvalue weighted by Gasteiger charge is -2.31. The van der Waals surface area contributed by atoms with Crippen LogP contribution in [0.1, 0.15) is 23.2 Å². The molecule has 0 saturated heterocycles. The molecule has 0 bridgehead atoms. The summed E-state index contributed by atoms with van der Waals surface area (Å²) < 4.78 is 0.955. The third-order valence-electron chi connectivity index (χ3n) is 2.28. The first kappa shape index (κ1) is 10.1. The van der Waals surface area contributed by atoms with E-state index >= 15 is 0 Å². The van der Waals surface area contributed by atoms with E-state index < -0.39 is 0 Å². The van der Waals surface area contributed by atoms with Crippen LogP contribution in [-0.2, 0) is 0 Å². The molecule has 0 aromatic carbocycles. The lowest BCUT2D eigenvalue weighted by molar-refractivity contribution is 0.0563. The van der Waals surface area contributed by atoms with E-state index in [0.29, 0.717) is 18.4 Å². The summed E-state index contributed by atoms with van der Waals surface area (Å²) in [7, 11) is 0. The van der Waals surface area contributed by atoms with Gasteiger partial charge in [-0.1, -0.05) is 0 Å². The first-order chi connectivity index (χ1) is 6.65. The summed E-state index contributed by atoms with van der Waals surface area (Å²) in [6, 6.07) is 1.95. The number of hydrogen-bond donors (Lipinski definition) is 2. The second-order valence-electron chi connectivity index (χ2n) is 3.44. The summed E-state index contributed by atoms with van der Waals surface area (Å²) in [6.45, 7) is 0. The van der Waals surface area contributed by atoms with Gasteiger partial charge in [0.15, 0.2) is 0 Å². The predicted octanol–water partition coefficient (Wildman–Crippen LogP) is 1.76. The summed E-state index contributed by atoms with van der Waals surface area (Å²) in [5.41, 5.74) is 0.684. The van der Waals surface area contributed by atoms with E-state index in [1.807, 2.05) is 5.38 Å². The van der Waals surface area contributed by atoms with Crippen molar-refractivity contribution < 1.29 is 9.90 Å². The van der Waals surface area contributed by atoms with Crippen molar-refractivity contribution in [1.29, 1.82) is 0 Å². The first-order valence-electron chi connectivity index (χ1n) is 4.38. The molecule has 0 unspecified atom stereocenters. The molecular formula is C9H10BrNO2S. The molecule has 0 atom stereocenters. The molecule has 14 heavy (non-hydrogen) atoms. The van der Waals surface area contributed by atoms with Crippen LogP contribution in [0, 0.1) is 0 Å². The Hall–Kier alpha value is -0.390. The molecule has 1 saturated carbocycles. The third kappa shape index (κ3) is 2.16. The van der Waals surface area contributed by atoms with Crippen molar-refractivity contribution >= 4 is 33.2 Å². The maximum atomic E-state index is 11.6. The molecule has 0 radical (unpaired) electrons. The molecule has 0 spiro atoms. The molecule has 3 nitrogen and oxygen atoms in total. The average Bonchev–Trinajstić information content (AvgIpc) is 2.49. The second-order valence-corrected chi connectivity index (χ2v) is 5.73. The molecule has 0 aliphatic heterocycles. The van der Waals surface area contributed by atoms with Crippen LogP contribution in [-0.4, -0.2) is 23.2 Å². The van der Waals surface area contributed by atoms with E-state index in [0.717, 1.165) is 3.79 Å². The first-order valence-corrected chi connectivity index (χ1v) is 6.05. The highest BCUT2D eigenvalue weighted by atomic mass is 79.9. The normalized spacial score (nSPS) is 25.6. The predicted molar refractivity (Wildman–Crippen MR) is 58.5 cm³/mol. The molecule has 5 heteroatoms. The average molecular weight is 276 g/mol. The van der Waals surface area contributed by atoms with Gasteiger partial charge in [-0.3, -0.25) is 4.79 Å². The standard InChI is InChI=1S/C9H10BrNO2S/c10-8-1-5(4-14-8)9(13)11-6-2-7(12)3-6/h1,4,6-7,12H,2-3H2,(H,11,13). The number of hydrogen-bond acceptors (Lipinski definition) is 3. The lowest BCUT2D eigenvalue weighted by atomic mass is 9.89. The van der Waals surface area contributed by atoms with E-state index in [1.165, 1.54) is 11.3 Å². The molecule has 1 aromatic heterocycles. The Morgan fingerprint density at radius 1 is 1.64 bits per heavy atom. The van der Waals surface area contributed by atoms with Crippen LogP contribution in [0.5, 0.6) is 0 Å². The van der Waals surface area contributed by atoms with E-state index in [2.05, 4.69) is 21.2 Å². The highest BCUT2D eigenvalue weighted by molar-refractivity contribution is 9.11. The number of halogens is 1. The van der Waals surface area contributed by atoms with Crippen LogP contribution < -0.4 is 5.32 Å². The van der Waals surface area contributed by atoms with Crippen LogP contribution in [0.25, 0.3) is 0 Å². The van der Waals surface area contributed by atoms with E-state index in [-0.39, 0.29) is 18.1 Å². The van der Waals surface area contributed by atoms with Gasteiger partial charge in [-0.2, -0.15) is 0 Å². The summed E-state index contributed by atoms with van der Waals surface area (Å²) in [6.07, 6.45) is 1.13. The van der Waals surface area contributed by atoms with Gasteiger partial charge in [0.1, 0.15) is 0 Å². The number of aliphatic hydroxyl groups excluding tert-OH is 1. The van der Waals surface area contributed by atoms with Crippen molar-refractivity contribution in [2.75, 3.05) is 0 Å². The minimum Gasteiger partial charge on any atom is -0.393 e. The summed E-state index contributed by atoms with van der Waals surface area (Å²) in [4.78, 5) is 11.6. The Labute approximate surface area is 94.3 Å². The Morgan fingerprint density at radius 3 is 2.86 bits per heavy atom. The number of rotatable bonds is 2. The van der Waals surface area contributed by atoms with Crippen LogP contribution in [0.3, 0.4) is 0 Å². The fourth-order valence-corrected chi connectivity index (χ4v) is 2.54. The molecule has 1 aliphatic rings. The zero-order valence-electron chi connectivity index (χ0n) is 7.37. The number of nitrogens with one attached hydrogen (secondary N) is 1. The highest BCUT2D eigenvalue weighted by Crippen LogP contribution is 2.23. The molecule has 76 valence electrons. The summed E-state index contributed by atoms with van der Waals surface area (Å²) in [5, 5.41) is 13.7. The van der Waals surface area contributed by atoms with Crippen LogP contribution >= 0.6 is 27.3 Å². The minimum absolute atomic E-state index is 0.0520. The van der Waals surface area contributed by atoms with E-state index in [1.54, 1.807) is 6.07 Å². The fourth-order valence-electron chi connectivity index (χ4n) is 1.40. The van der Waals surface area contributed by atoms with Gasteiger partial charge in [-0.15, -0.1) is 11.3 Å². The topological polar surface area (TPSA) is 49.3 Å². The summed E-state index contributed by atoms with van der Waals surface area (Å²) >= 11 is 4.80. The van der Waals surface area contributed by atoms with Crippen LogP contribution in [0.4, 0.5) is 0 Å². The number of amides is 1. The largest absolute Gasteiger partial charge is 0.393 e. The van der Waals surface area contributed by atoms with Crippen LogP contribution in [0.15, 0.2) is 15.2 Å². The molecule has 1 amide bonds. The molecule has 1 aliphatic carbocycles. The Bertz CT molecular complexity index is 346. The van der Waals surface area contributed by atoms with Gasteiger partial charge in [0.25, 0.3) is 5.91 Å². The van der Waals surface area contributed by atoms with E-state index in [9.17, 15) is 4.79 Å². The van der Waals surface area contributed by atoms with Crippen molar-refractivity contribution in [3.8, 4) is 0 Å². The monoisotopic (exact) mass is 275 g/mol. The maximum Gasteiger partial charge on any atom is 0.252 e. The fraction of sp³-hybridized carbons (Fsp3) is 0.444. The molecule has 1 aromatic rings. The Morgan fingerprint density at radius 2 is 2.36 bits per heavy atom. The van der Waals surface area contributed by atoms with Crippen molar-refractivity contribution in [3.63, 3.8) is 0 Å². The third-order valence-corrected chi connectivity index (χ3v) is 3.78. The second kappa shape index (κ2) is 4.00. The summed E-state index contributed by atoms with van der Waals surface area (Å²) in [5.74, 6) is -0.0520. The van der Waals surface area contributed by atoms with Gasteiger partial charge >= 0.3 is 0 Å². The molecule has 1 fully saturated rings. The van der Waals surface area contributed by atoms with Gasteiger partial charge in [0.05, 0.1) is 15.5 Å². The number of thiophene rings is 1. The maximum absolute atomic E-state index is 11.6. The minimum atomic E-state index is -0.227. The van der Waals surface area contributed by atoms with Crippen LogP contribution in [0.2, 0.25) is 0 Å². The van der Waals surface area contributed by atoms with Crippen molar-refractivity contribution in [3.05, 3.63) is 20.8 Å². The van der Waals surface area contributed by atoms with Gasteiger partial charge in [-0.25, -0.2) is 0 Å². The van der Waals surface area contributed by atoms with Gasteiger partial charge < -0.3 is 10.4 Å². The van der Waals surface area contributed by atoms with Crippen molar-refractivity contribution in [2.24, 2.45) is 0 Å². The smallest absolute Gasteiger partial charge is 0.252 e. The molecular weight excluding hydrogens is 266 g/mol. The zero-order chi connectivity index (χ0) is 10.1. The SMILES string of the molecule is O=C(NC1CC(O)C1)c1csc(Br)c1. The number of carbonyl (C=O) groups excluding carboxylic acids is 1. The van der Waals surface area contributed by atoms with Crippen molar-refractivity contribution in [2.45, 2.75) is 25.0 Å². The number of carbonyl (C=O) groups is 1. The highest BCUT2D eigenvalue weighted by Gasteiger charge is 2.28. The number of aliphatic hydroxyl groups is 1. The van der Waals surface area contributed by atoms with E-state index in [4.69, 9.17) is 5.11 Å². The van der Waals surface area contributed by atoms with Gasteiger partial charge in [-0.05, 0) is 34.8 Å². The van der Waals surface area contributed by atoms with Crippen molar-refractivity contribution in [1.82, 2.24) is 5.32 Å². The Kier molecular flexibility index (Phi) is 2.90. The molecule has 2 rings (SSSR count). The lowest BCUT2D eigenvalue weighted by Crippen LogP contribution is -2.46. The van der Waals surface area contributed by atoms with Gasteiger partial charge in [0, 0.05) is 11.4 Å². The van der Waals surface area contributed by atoms with Gasteiger partial charge in [0.2, 0.25) is 0 Å². The zero-order valence-corrected chi connectivity index (χ0v) is 9.77. The Balaban J connectivity index is 1.90. The molecule has 2 N–H and O–H groups in total.